The van der Waals surface area contributed by atoms with E-state index in [-0.39, 0.29) is 0 Å². The molecule has 0 unspecified atom stereocenters. The Kier molecular flexibility index (Phi) is 8.26. The first kappa shape index (κ1) is 16.7. The molecule has 0 saturated heterocycles. The van der Waals surface area contributed by atoms with Crippen LogP contribution < -0.4 is 0 Å². The molecule has 0 N–H and O–H groups in total. The van der Waals surface area contributed by atoms with Crippen LogP contribution >= 0.6 is 25.3 Å². The molecule has 0 nitrogen and oxygen atoms in total. The third-order valence-electron chi connectivity index (χ3n) is 3.31. The van der Waals surface area contributed by atoms with Gasteiger partial charge in [0.2, 0.25) is 0 Å². The van der Waals surface area contributed by atoms with Crippen molar-refractivity contribution in [3.8, 4) is 0 Å². The lowest BCUT2D eigenvalue weighted by Crippen LogP contribution is -2.13. The smallest absolute Gasteiger partial charge is 0.00464 e. The Morgan fingerprint density at radius 1 is 0.625 bits per heavy atom. The van der Waals surface area contributed by atoms with Crippen LogP contribution in [0.3, 0.4) is 0 Å². The van der Waals surface area contributed by atoms with Crippen molar-refractivity contribution >= 4 is 25.3 Å². The standard InChI is InChI=1S/C14H30S2/c1-13(2,11-15)9-7-5-6-8-10-14(3,4)12-16/h15-16H,5-12H2,1-4H3. The quantitative estimate of drug-likeness (QED) is 0.412. The fraction of sp³-hybridized carbons (Fsp3) is 1.00. The fourth-order valence-corrected chi connectivity index (χ4v) is 2.04. The summed E-state index contributed by atoms with van der Waals surface area (Å²) in [7, 11) is 0. The topological polar surface area (TPSA) is 0 Å². The fourth-order valence-electron chi connectivity index (χ4n) is 1.72. The number of hydrogen-bond donors (Lipinski definition) is 2. The van der Waals surface area contributed by atoms with Crippen LogP contribution in [-0.4, -0.2) is 11.5 Å². The molecule has 0 aliphatic carbocycles. The Morgan fingerprint density at radius 2 is 0.938 bits per heavy atom. The van der Waals surface area contributed by atoms with Crippen molar-refractivity contribution in [2.75, 3.05) is 11.5 Å². The summed E-state index contributed by atoms with van der Waals surface area (Å²) in [6.45, 7) is 9.24. The Bertz CT molecular complexity index is 154. The van der Waals surface area contributed by atoms with E-state index in [0.29, 0.717) is 10.8 Å². The van der Waals surface area contributed by atoms with Gasteiger partial charge in [-0.25, -0.2) is 0 Å². The number of thiol groups is 2. The molecule has 0 radical (unpaired) electrons. The third-order valence-corrected chi connectivity index (χ3v) is 5.03. The maximum Gasteiger partial charge on any atom is -0.00464 e. The van der Waals surface area contributed by atoms with Crippen LogP contribution in [0.1, 0.15) is 66.2 Å². The molecule has 0 spiro atoms. The van der Waals surface area contributed by atoms with E-state index in [1.165, 1.54) is 38.5 Å². The number of hydrogen-bond acceptors (Lipinski definition) is 2. The highest BCUT2D eigenvalue weighted by molar-refractivity contribution is 7.80. The van der Waals surface area contributed by atoms with Crippen LogP contribution in [0.5, 0.6) is 0 Å². The Morgan fingerprint density at radius 3 is 1.19 bits per heavy atom. The zero-order valence-corrected chi connectivity index (χ0v) is 13.3. The Balaban J connectivity index is 3.42. The van der Waals surface area contributed by atoms with E-state index in [1.54, 1.807) is 0 Å². The molecule has 2 heteroatoms. The van der Waals surface area contributed by atoms with Gasteiger partial charge in [-0.15, -0.1) is 0 Å². The van der Waals surface area contributed by atoms with Crippen molar-refractivity contribution in [3.05, 3.63) is 0 Å². The predicted molar refractivity (Wildman–Crippen MR) is 83.0 cm³/mol. The summed E-state index contributed by atoms with van der Waals surface area (Å²) in [5.74, 6) is 2.00. The number of rotatable bonds is 9. The van der Waals surface area contributed by atoms with Crippen LogP contribution in [0, 0.1) is 10.8 Å². The van der Waals surface area contributed by atoms with Crippen molar-refractivity contribution in [1.82, 2.24) is 0 Å². The van der Waals surface area contributed by atoms with Crippen molar-refractivity contribution < 1.29 is 0 Å². The van der Waals surface area contributed by atoms with E-state index in [1.807, 2.05) is 0 Å². The highest BCUT2D eigenvalue weighted by atomic mass is 32.1. The highest BCUT2D eigenvalue weighted by Gasteiger charge is 2.16. The first-order chi connectivity index (χ1) is 7.33. The van der Waals surface area contributed by atoms with Gasteiger partial charge in [-0.3, -0.25) is 0 Å². The minimum Gasteiger partial charge on any atom is -0.179 e. The van der Waals surface area contributed by atoms with Crippen LogP contribution in [0.15, 0.2) is 0 Å². The first-order valence-corrected chi connectivity index (χ1v) is 7.81. The van der Waals surface area contributed by atoms with E-state index < -0.39 is 0 Å². The second-order valence-electron chi connectivity index (χ2n) is 6.56. The van der Waals surface area contributed by atoms with E-state index in [0.717, 1.165) is 11.5 Å². The van der Waals surface area contributed by atoms with Crippen LogP contribution in [0.4, 0.5) is 0 Å². The number of unbranched alkanes of at least 4 members (excludes halogenated alkanes) is 3. The largest absolute Gasteiger partial charge is 0.179 e. The molecule has 0 aromatic heterocycles. The molecule has 0 aliphatic rings. The molecule has 16 heavy (non-hydrogen) atoms. The monoisotopic (exact) mass is 262 g/mol. The molecule has 0 rings (SSSR count). The summed E-state index contributed by atoms with van der Waals surface area (Å²) < 4.78 is 0. The maximum absolute atomic E-state index is 4.39. The van der Waals surface area contributed by atoms with E-state index in [2.05, 4.69) is 53.0 Å². The highest BCUT2D eigenvalue weighted by Crippen LogP contribution is 2.27. The molecule has 98 valence electrons. The van der Waals surface area contributed by atoms with Gasteiger partial charge in [-0.1, -0.05) is 53.4 Å². The molecule has 0 fully saturated rings. The molecule has 0 aliphatic heterocycles. The zero-order valence-electron chi connectivity index (χ0n) is 11.6. The SMILES string of the molecule is CC(C)(CS)CCCCCCC(C)(C)CS. The zero-order chi connectivity index (χ0) is 12.7. The second-order valence-corrected chi connectivity index (χ2v) is 7.19. The van der Waals surface area contributed by atoms with Crippen molar-refractivity contribution in [3.63, 3.8) is 0 Å². The summed E-state index contributed by atoms with van der Waals surface area (Å²) in [6, 6.07) is 0. The van der Waals surface area contributed by atoms with E-state index in [4.69, 9.17) is 0 Å². The lowest BCUT2D eigenvalue weighted by atomic mass is 9.87. The van der Waals surface area contributed by atoms with Crippen molar-refractivity contribution in [2.24, 2.45) is 10.8 Å². The average molecular weight is 263 g/mol. The van der Waals surface area contributed by atoms with Gasteiger partial charge in [-0.05, 0) is 35.2 Å². The maximum atomic E-state index is 4.39. The van der Waals surface area contributed by atoms with E-state index in [9.17, 15) is 0 Å². The van der Waals surface area contributed by atoms with Gasteiger partial charge in [0.25, 0.3) is 0 Å². The van der Waals surface area contributed by atoms with Gasteiger partial charge in [0, 0.05) is 0 Å². The summed E-state index contributed by atoms with van der Waals surface area (Å²) in [4.78, 5) is 0. The molecule has 0 aromatic carbocycles. The van der Waals surface area contributed by atoms with Crippen LogP contribution in [-0.2, 0) is 0 Å². The molecular weight excluding hydrogens is 232 g/mol. The van der Waals surface area contributed by atoms with Gasteiger partial charge in [0.1, 0.15) is 0 Å². The van der Waals surface area contributed by atoms with Crippen LogP contribution in [0.25, 0.3) is 0 Å². The lowest BCUT2D eigenvalue weighted by molar-refractivity contribution is 0.346. The molecule has 0 bridgehead atoms. The van der Waals surface area contributed by atoms with Crippen LogP contribution in [0.2, 0.25) is 0 Å². The van der Waals surface area contributed by atoms with E-state index >= 15 is 0 Å². The molecule has 0 saturated carbocycles. The van der Waals surface area contributed by atoms with Gasteiger partial charge in [0.15, 0.2) is 0 Å². The molecule has 0 heterocycles. The molecule has 0 amide bonds. The minimum absolute atomic E-state index is 0.424. The summed E-state index contributed by atoms with van der Waals surface area (Å²) in [5.41, 5.74) is 0.848. The normalized spacial score (nSPS) is 13.1. The summed E-state index contributed by atoms with van der Waals surface area (Å²) in [6.07, 6.45) is 8.09. The Labute approximate surface area is 114 Å². The molecular formula is C14H30S2. The molecule has 0 atom stereocenters. The third kappa shape index (κ3) is 8.81. The summed E-state index contributed by atoms with van der Waals surface area (Å²) in [5, 5.41) is 0. The average Bonchev–Trinajstić information content (AvgIpc) is 2.23. The predicted octanol–water partition coefficient (Wildman–Crippen LogP) is 5.24. The van der Waals surface area contributed by atoms with Crippen molar-refractivity contribution in [2.45, 2.75) is 66.2 Å². The lowest BCUT2D eigenvalue weighted by Gasteiger charge is -2.23. The van der Waals surface area contributed by atoms with Gasteiger partial charge in [0.05, 0.1) is 0 Å². The second kappa shape index (κ2) is 7.92. The summed E-state index contributed by atoms with van der Waals surface area (Å²) >= 11 is 8.77. The van der Waals surface area contributed by atoms with Gasteiger partial charge >= 0.3 is 0 Å². The van der Waals surface area contributed by atoms with Crippen molar-refractivity contribution in [1.29, 1.82) is 0 Å². The molecule has 0 aromatic rings. The van der Waals surface area contributed by atoms with Gasteiger partial charge in [-0.2, -0.15) is 25.3 Å². The van der Waals surface area contributed by atoms with Gasteiger partial charge < -0.3 is 0 Å². The first-order valence-electron chi connectivity index (χ1n) is 6.55. The minimum atomic E-state index is 0.424. The Hall–Kier alpha value is 0.700.